The van der Waals surface area contributed by atoms with Gasteiger partial charge in [-0.3, -0.25) is 9.35 Å². The van der Waals surface area contributed by atoms with Crippen LogP contribution < -0.4 is 0 Å². The van der Waals surface area contributed by atoms with Crippen molar-refractivity contribution in [3.05, 3.63) is 0 Å². The molecule has 0 radical (unpaired) electrons. The lowest BCUT2D eigenvalue weighted by molar-refractivity contribution is -0.155. The monoisotopic (exact) mass is 318 g/mol. The van der Waals surface area contributed by atoms with Crippen LogP contribution in [0.5, 0.6) is 0 Å². The number of ether oxygens (including phenoxy) is 3. The van der Waals surface area contributed by atoms with Crippen LogP contribution in [0.3, 0.4) is 0 Å². The van der Waals surface area contributed by atoms with Crippen molar-refractivity contribution in [2.75, 3.05) is 5.75 Å². The Morgan fingerprint density at radius 1 is 1.29 bits per heavy atom. The molecular formula is C13H18O7S. The van der Waals surface area contributed by atoms with Crippen LogP contribution in [-0.2, 0) is 29.1 Å². The second-order valence-electron chi connectivity index (χ2n) is 6.80. The predicted molar refractivity (Wildman–Crippen MR) is 68.8 cm³/mol. The van der Waals surface area contributed by atoms with Gasteiger partial charge in [0.1, 0.15) is 18.0 Å². The average molecular weight is 318 g/mol. The Kier molecular flexibility index (Phi) is 2.92. The highest BCUT2D eigenvalue weighted by molar-refractivity contribution is 7.85. The summed E-state index contributed by atoms with van der Waals surface area (Å²) in [4.78, 5) is 11.9. The summed E-state index contributed by atoms with van der Waals surface area (Å²) in [5.74, 6) is -0.263. The van der Waals surface area contributed by atoms with Crippen molar-refractivity contribution in [3.8, 4) is 0 Å². The topological polar surface area (TPSA) is 102 Å². The van der Waals surface area contributed by atoms with Crippen LogP contribution >= 0.6 is 0 Å². The van der Waals surface area contributed by atoms with Crippen molar-refractivity contribution in [2.24, 2.45) is 11.8 Å². The summed E-state index contributed by atoms with van der Waals surface area (Å²) in [7, 11) is -4.06. The number of carbonyl (C=O) groups is 1. The number of epoxide rings is 1. The molecule has 5 fully saturated rings. The molecule has 0 amide bonds. The molecular weight excluding hydrogens is 300 g/mol. The van der Waals surface area contributed by atoms with Crippen LogP contribution in [-0.4, -0.2) is 48.8 Å². The maximum absolute atomic E-state index is 11.9. The molecule has 7 nitrogen and oxygen atoms in total. The first kappa shape index (κ1) is 13.9. The maximum atomic E-state index is 11.9. The van der Waals surface area contributed by atoms with E-state index in [0.717, 1.165) is 19.3 Å². The number of hydrogen-bond acceptors (Lipinski definition) is 6. The molecule has 21 heavy (non-hydrogen) atoms. The van der Waals surface area contributed by atoms with Gasteiger partial charge >= 0.3 is 5.97 Å². The van der Waals surface area contributed by atoms with E-state index in [0.29, 0.717) is 18.8 Å². The van der Waals surface area contributed by atoms with E-state index < -0.39 is 33.9 Å². The van der Waals surface area contributed by atoms with Crippen LogP contribution in [0.1, 0.15) is 32.1 Å². The Bertz CT molecular complexity index is 573. The molecule has 8 heteroatoms. The van der Waals surface area contributed by atoms with Gasteiger partial charge in [0.05, 0.1) is 11.5 Å². The third-order valence-corrected chi connectivity index (χ3v) is 5.74. The Balaban J connectivity index is 1.47. The highest BCUT2D eigenvalue weighted by Gasteiger charge is 2.57. The minimum atomic E-state index is -4.06. The summed E-state index contributed by atoms with van der Waals surface area (Å²) >= 11 is 0. The van der Waals surface area contributed by atoms with E-state index >= 15 is 0 Å². The zero-order chi connectivity index (χ0) is 14.8. The van der Waals surface area contributed by atoms with Gasteiger partial charge < -0.3 is 14.2 Å². The minimum absolute atomic E-state index is 0.0949. The van der Waals surface area contributed by atoms with Crippen molar-refractivity contribution >= 4 is 16.1 Å². The van der Waals surface area contributed by atoms with Crippen molar-refractivity contribution in [1.29, 1.82) is 0 Å². The quantitative estimate of drug-likeness (QED) is 0.457. The molecule has 5 aliphatic rings. The van der Waals surface area contributed by atoms with Crippen LogP contribution in [0.4, 0.5) is 0 Å². The molecule has 0 aromatic rings. The fourth-order valence-corrected chi connectivity index (χ4v) is 4.97. The first-order valence-corrected chi connectivity index (χ1v) is 8.92. The summed E-state index contributed by atoms with van der Waals surface area (Å²) in [5, 5.41) is 0. The van der Waals surface area contributed by atoms with Crippen LogP contribution in [0, 0.1) is 11.8 Å². The van der Waals surface area contributed by atoms with Gasteiger partial charge in [0.2, 0.25) is 0 Å². The Hall–Kier alpha value is -0.700. The summed E-state index contributed by atoms with van der Waals surface area (Å²) in [5.41, 5.74) is -0.443. The van der Waals surface area contributed by atoms with Gasteiger partial charge in [0, 0.05) is 6.42 Å². The standard InChI is InChI=1S/C13H18O7S/c14-11-8-1-7-2-9(18-11)5-13(3-7,4-8)20-12-10(19-12)6-21(15,16)17/h7-10,12H,1-6H2,(H,15,16,17). The number of fused-ring (bicyclic) bond motifs is 1. The summed E-state index contributed by atoms with van der Waals surface area (Å²) in [6, 6.07) is 0. The molecule has 4 bridgehead atoms. The Morgan fingerprint density at radius 3 is 2.86 bits per heavy atom. The number of esters is 1. The summed E-state index contributed by atoms with van der Waals surface area (Å²) < 4.78 is 47.2. The Labute approximate surface area is 122 Å². The summed E-state index contributed by atoms with van der Waals surface area (Å²) in [6.45, 7) is 0. The van der Waals surface area contributed by atoms with E-state index in [1.54, 1.807) is 0 Å². The lowest BCUT2D eigenvalue weighted by Crippen LogP contribution is -2.47. The van der Waals surface area contributed by atoms with Gasteiger partial charge in [0.15, 0.2) is 6.29 Å². The highest BCUT2D eigenvalue weighted by atomic mass is 32.2. The van der Waals surface area contributed by atoms with Crippen LogP contribution in [0.2, 0.25) is 0 Å². The van der Waals surface area contributed by atoms with Crippen molar-refractivity contribution < 1.29 is 32.0 Å². The van der Waals surface area contributed by atoms with Gasteiger partial charge in [-0.15, -0.1) is 0 Å². The molecule has 118 valence electrons. The molecule has 0 spiro atoms. The first-order valence-electron chi connectivity index (χ1n) is 7.31. The summed E-state index contributed by atoms with van der Waals surface area (Å²) in [6.07, 6.45) is 2.61. The smallest absolute Gasteiger partial charge is 0.309 e. The van der Waals surface area contributed by atoms with E-state index in [9.17, 15) is 13.2 Å². The lowest BCUT2D eigenvalue weighted by atomic mass is 9.65. The van der Waals surface area contributed by atoms with E-state index in [4.69, 9.17) is 18.8 Å². The van der Waals surface area contributed by atoms with Crippen molar-refractivity contribution in [1.82, 2.24) is 0 Å². The molecule has 6 atom stereocenters. The second-order valence-corrected chi connectivity index (χ2v) is 8.30. The normalized spacial score (nSPS) is 48.0. The largest absolute Gasteiger partial charge is 0.462 e. The molecule has 2 saturated carbocycles. The van der Waals surface area contributed by atoms with Crippen LogP contribution in [0.25, 0.3) is 0 Å². The minimum Gasteiger partial charge on any atom is -0.462 e. The van der Waals surface area contributed by atoms with Gasteiger partial charge in [-0.05, 0) is 31.6 Å². The van der Waals surface area contributed by atoms with Crippen LogP contribution in [0.15, 0.2) is 0 Å². The molecule has 0 aromatic heterocycles. The molecule has 1 N–H and O–H groups in total. The number of hydrogen-bond donors (Lipinski definition) is 1. The highest BCUT2D eigenvalue weighted by Crippen LogP contribution is 2.52. The zero-order valence-corrected chi connectivity index (χ0v) is 12.3. The fraction of sp³-hybridized carbons (Fsp3) is 0.923. The zero-order valence-electron chi connectivity index (χ0n) is 11.4. The molecule has 6 unspecified atom stereocenters. The molecule has 5 rings (SSSR count). The van der Waals surface area contributed by atoms with Gasteiger partial charge in [-0.1, -0.05) is 0 Å². The lowest BCUT2D eigenvalue weighted by Gasteiger charge is -2.45. The first-order chi connectivity index (χ1) is 9.82. The average Bonchev–Trinajstić information content (AvgIpc) is 3.03. The number of rotatable bonds is 4. The Morgan fingerprint density at radius 2 is 2.10 bits per heavy atom. The van der Waals surface area contributed by atoms with E-state index in [2.05, 4.69) is 0 Å². The van der Waals surface area contributed by atoms with E-state index in [1.807, 2.05) is 0 Å². The molecule has 3 aliphatic heterocycles. The number of carbonyl (C=O) groups excluding carboxylic acids is 1. The third kappa shape index (κ3) is 2.69. The molecule has 0 aromatic carbocycles. The fourth-order valence-electron chi connectivity index (χ4n) is 4.32. The molecule has 3 heterocycles. The van der Waals surface area contributed by atoms with Gasteiger partial charge in [-0.25, -0.2) is 0 Å². The van der Waals surface area contributed by atoms with Gasteiger partial charge in [-0.2, -0.15) is 8.42 Å². The second kappa shape index (κ2) is 4.41. The van der Waals surface area contributed by atoms with Crippen molar-refractivity contribution in [2.45, 2.75) is 56.2 Å². The van der Waals surface area contributed by atoms with Crippen molar-refractivity contribution in [3.63, 3.8) is 0 Å². The molecule has 3 saturated heterocycles. The van der Waals surface area contributed by atoms with E-state index in [1.165, 1.54) is 0 Å². The predicted octanol–water partition coefficient (Wildman–Crippen LogP) is 0.490. The van der Waals surface area contributed by atoms with E-state index in [-0.39, 0.29) is 18.0 Å². The van der Waals surface area contributed by atoms with Gasteiger partial charge in [0.25, 0.3) is 10.1 Å². The third-order valence-electron chi connectivity index (χ3n) is 4.99. The SMILES string of the molecule is O=C1OC2CC3CC1CC(OC1OC1CS(=O)(=O)O)(C3)C2. The molecule has 2 aliphatic carbocycles. The maximum Gasteiger partial charge on any atom is 0.309 e.